The summed E-state index contributed by atoms with van der Waals surface area (Å²) >= 11 is 1.54. The van der Waals surface area contributed by atoms with Crippen LogP contribution in [0.15, 0.2) is 42.7 Å². The predicted molar refractivity (Wildman–Crippen MR) is 120 cm³/mol. The van der Waals surface area contributed by atoms with Crippen LogP contribution in [0.4, 0.5) is 5.13 Å². The van der Waals surface area contributed by atoms with Gasteiger partial charge in [0.2, 0.25) is 16.2 Å². The van der Waals surface area contributed by atoms with Crippen LogP contribution in [0.3, 0.4) is 0 Å². The van der Waals surface area contributed by atoms with Crippen LogP contribution in [-0.2, 0) is 11.2 Å². The lowest BCUT2D eigenvalue weighted by Crippen LogP contribution is -2.43. The van der Waals surface area contributed by atoms with E-state index in [0.717, 1.165) is 46.7 Å². The van der Waals surface area contributed by atoms with E-state index in [1.165, 1.54) is 0 Å². The molecule has 0 spiro atoms. The van der Waals surface area contributed by atoms with Gasteiger partial charge >= 0.3 is 0 Å². The lowest BCUT2D eigenvalue weighted by atomic mass is 9.97. The second-order valence-electron chi connectivity index (χ2n) is 7.46. The van der Waals surface area contributed by atoms with Crippen LogP contribution in [0.1, 0.15) is 18.4 Å². The van der Waals surface area contributed by atoms with Gasteiger partial charge < -0.3 is 19.7 Å². The Hall–Kier alpha value is -3.07. The molecule has 1 aromatic carbocycles. The number of benzene rings is 1. The molecule has 2 aromatic heterocycles. The van der Waals surface area contributed by atoms with Crippen LogP contribution in [0.2, 0.25) is 0 Å². The Morgan fingerprint density at radius 2 is 2.00 bits per heavy atom. The first-order chi connectivity index (χ1) is 15.2. The fraction of sp³-hybridized carbons (Fsp3) is 0.409. The third-order valence-corrected chi connectivity index (χ3v) is 6.47. The van der Waals surface area contributed by atoms with E-state index < -0.39 is 0 Å². The van der Waals surface area contributed by atoms with E-state index in [9.17, 15) is 4.79 Å². The third-order valence-electron chi connectivity index (χ3n) is 5.47. The zero-order chi connectivity index (χ0) is 21.6. The average Bonchev–Trinajstić information content (AvgIpc) is 3.51. The van der Waals surface area contributed by atoms with Gasteiger partial charge in [0.1, 0.15) is 11.5 Å². The van der Waals surface area contributed by atoms with Gasteiger partial charge in [0.05, 0.1) is 20.1 Å². The molecule has 1 N–H and O–H groups in total. The summed E-state index contributed by atoms with van der Waals surface area (Å²) in [6.45, 7) is 2.11. The quantitative estimate of drug-likeness (QED) is 0.579. The number of rotatable bonds is 8. The van der Waals surface area contributed by atoms with E-state index in [-0.39, 0.29) is 11.8 Å². The lowest BCUT2D eigenvalue weighted by Gasteiger charge is -2.31. The molecule has 3 aromatic rings. The molecule has 9 heteroatoms. The highest BCUT2D eigenvalue weighted by Crippen LogP contribution is 2.28. The average molecular weight is 442 g/mol. The number of nitrogens with one attached hydrogen (secondary N) is 1. The molecule has 1 aliphatic heterocycles. The van der Waals surface area contributed by atoms with Gasteiger partial charge in [0.15, 0.2) is 0 Å². The second kappa shape index (κ2) is 9.82. The summed E-state index contributed by atoms with van der Waals surface area (Å²) < 4.78 is 12.7. The van der Waals surface area contributed by atoms with Gasteiger partial charge in [0.25, 0.3) is 0 Å². The van der Waals surface area contributed by atoms with Crippen molar-refractivity contribution in [1.82, 2.24) is 20.1 Å². The minimum Gasteiger partial charge on any atom is -0.497 e. The van der Waals surface area contributed by atoms with E-state index in [1.54, 1.807) is 25.6 Å². The van der Waals surface area contributed by atoms with Crippen LogP contribution in [-0.4, -0.2) is 54.5 Å². The summed E-state index contributed by atoms with van der Waals surface area (Å²) in [7, 11) is 3.29. The highest BCUT2D eigenvalue weighted by Gasteiger charge is 2.27. The second-order valence-corrected chi connectivity index (χ2v) is 8.40. The van der Waals surface area contributed by atoms with E-state index in [1.807, 2.05) is 47.3 Å². The van der Waals surface area contributed by atoms with Crippen molar-refractivity contribution in [2.24, 2.45) is 5.92 Å². The first-order valence-electron chi connectivity index (χ1n) is 10.4. The molecule has 0 aliphatic carbocycles. The molecule has 1 fully saturated rings. The fourth-order valence-electron chi connectivity index (χ4n) is 3.81. The third kappa shape index (κ3) is 4.99. The summed E-state index contributed by atoms with van der Waals surface area (Å²) in [4.78, 5) is 15.0. The highest BCUT2D eigenvalue weighted by atomic mass is 32.1. The Bertz CT molecular complexity index is 1000. The summed E-state index contributed by atoms with van der Waals surface area (Å²) in [5, 5.41) is 13.4. The maximum Gasteiger partial charge on any atom is 0.224 e. The van der Waals surface area contributed by atoms with Crippen LogP contribution < -0.4 is 19.7 Å². The number of piperidine rings is 1. The number of hydrogen-bond donors (Lipinski definition) is 1. The number of amides is 1. The Morgan fingerprint density at radius 1 is 1.19 bits per heavy atom. The largest absolute Gasteiger partial charge is 0.497 e. The molecule has 8 nitrogen and oxygen atoms in total. The number of carbonyl (C=O) groups excluding carboxylic acids is 1. The van der Waals surface area contributed by atoms with Crippen LogP contribution in [0.25, 0.3) is 5.13 Å². The summed E-state index contributed by atoms with van der Waals surface area (Å²) in [5.41, 5.74) is 1.01. The van der Waals surface area contributed by atoms with Gasteiger partial charge in [-0.3, -0.25) is 9.36 Å². The zero-order valence-electron chi connectivity index (χ0n) is 17.8. The predicted octanol–water partition coefficient (Wildman–Crippen LogP) is 2.92. The van der Waals surface area contributed by atoms with Crippen molar-refractivity contribution in [2.45, 2.75) is 19.3 Å². The molecule has 3 heterocycles. The molecule has 1 atom stereocenters. The number of ether oxygens (including phenoxy) is 2. The molecule has 0 bridgehead atoms. The highest BCUT2D eigenvalue weighted by molar-refractivity contribution is 7.17. The van der Waals surface area contributed by atoms with Gasteiger partial charge in [0, 0.05) is 32.0 Å². The normalized spacial score (nSPS) is 16.2. The Morgan fingerprint density at radius 3 is 2.77 bits per heavy atom. The molecule has 1 amide bonds. The Labute approximate surface area is 185 Å². The molecule has 1 saturated heterocycles. The Balaban J connectivity index is 1.32. The number of nitrogens with zero attached hydrogens (tertiary/aromatic N) is 4. The summed E-state index contributed by atoms with van der Waals surface area (Å²) in [5.74, 6) is 1.61. The topological polar surface area (TPSA) is 81.5 Å². The SMILES string of the molecule is COc1ccc(OC)c(CCNC(=O)[C@@H]2CCCN(c3nnc(-n4cccc4)s3)C2)c1. The maximum atomic E-state index is 12.8. The zero-order valence-corrected chi connectivity index (χ0v) is 18.6. The van der Waals surface area contributed by atoms with Crippen molar-refractivity contribution in [3.8, 4) is 16.6 Å². The molecule has 0 radical (unpaired) electrons. The van der Waals surface area contributed by atoms with E-state index in [0.29, 0.717) is 19.5 Å². The smallest absolute Gasteiger partial charge is 0.224 e. The molecular formula is C22H27N5O3S. The van der Waals surface area contributed by atoms with Crippen LogP contribution in [0, 0.1) is 5.92 Å². The molecule has 31 heavy (non-hydrogen) atoms. The number of methoxy groups -OCH3 is 2. The van der Waals surface area contributed by atoms with Crippen LogP contribution >= 0.6 is 11.3 Å². The number of aromatic nitrogens is 3. The van der Waals surface area contributed by atoms with Crippen molar-refractivity contribution < 1.29 is 14.3 Å². The van der Waals surface area contributed by atoms with Crippen molar-refractivity contribution in [1.29, 1.82) is 0 Å². The van der Waals surface area contributed by atoms with E-state index in [4.69, 9.17) is 9.47 Å². The first-order valence-corrected chi connectivity index (χ1v) is 11.2. The van der Waals surface area contributed by atoms with Crippen molar-refractivity contribution in [3.05, 3.63) is 48.3 Å². The number of anilines is 1. The van der Waals surface area contributed by atoms with Gasteiger partial charge in [-0.2, -0.15) is 0 Å². The standard InChI is InChI=1S/C22H27N5O3S/c1-29-18-7-8-19(30-2)16(14-18)9-10-23-20(28)17-6-5-13-27(15-17)22-25-24-21(31-22)26-11-3-4-12-26/h3-4,7-8,11-12,14,17H,5-6,9-10,13,15H2,1-2H3,(H,23,28)/t17-/m1/s1. The van der Waals surface area contributed by atoms with Gasteiger partial charge in [-0.25, -0.2) is 0 Å². The fourth-order valence-corrected chi connectivity index (χ4v) is 4.66. The van der Waals surface area contributed by atoms with Crippen LogP contribution in [0.5, 0.6) is 11.5 Å². The van der Waals surface area contributed by atoms with E-state index in [2.05, 4.69) is 20.4 Å². The number of carbonyl (C=O) groups is 1. The summed E-state index contributed by atoms with van der Waals surface area (Å²) in [6.07, 6.45) is 6.43. The summed E-state index contributed by atoms with van der Waals surface area (Å²) in [6, 6.07) is 9.63. The van der Waals surface area contributed by atoms with Gasteiger partial charge in [-0.05, 0) is 55.2 Å². The molecule has 0 saturated carbocycles. The van der Waals surface area contributed by atoms with Gasteiger partial charge in [-0.15, -0.1) is 10.2 Å². The van der Waals surface area contributed by atoms with Crippen molar-refractivity contribution in [2.75, 3.05) is 38.8 Å². The Kier molecular flexibility index (Phi) is 6.71. The molecule has 164 valence electrons. The monoisotopic (exact) mass is 441 g/mol. The van der Waals surface area contributed by atoms with E-state index >= 15 is 0 Å². The molecule has 1 aliphatic rings. The molecule has 0 unspecified atom stereocenters. The lowest BCUT2D eigenvalue weighted by molar-refractivity contribution is -0.125. The van der Waals surface area contributed by atoms with Gasteiger partial charge in [-0.1, -0.05) is 11.3 Å². The minimum absolute atomic E-state index is 0.0557. The minimum atomic E-state index is -0.0557. The molecule has 4 rings (SSSR count). The number of hydrogen-bond acceptors (Lipinski definition) is 7. The van der Waals surface area contributed by atoms with Crippen molar-refractivity contribution >= 4 is 22.4 Å². The molecular weight excluding hydrogens is 414 g/mol. The van der Waals surface area contributed by atoms with Crippen molar-refractivity contribution in [3.63, 3.8) is 0 Å². The maximum absolute atomic E-state index is 12.8. The first kappa shape index (κ1) is 21.2.